The average molecular weight is 307 g/mol. The van der Waals surface area contributed by atoms with E-state index >= 15 is 0 Å². The minimum atomic E-state index is 1.02. The minimum absolute atomic E-state index is 1.02. The van der Waals surface area contributed by atoms with Crippen LogP contribution in [-0.2, 0) is 0 Å². The minimum Gasteiger partial charge on any atom is -0.341 e. The van der Waals surface area contributed by atoms with Gasteiger partial charge in [-0.1, -0.05) is 75.4 Å². The number of hydrogen-bond acceptors (Lipinski definition) is 1. The second-order valence-corrected chi connectivity index (χ2v) is 6.18. The van der Waals surface area contributed by atoms with Gasteiger partial charge in [0.2, 0.25) is 0 Å². The molecule has 0 atom stereocenters. The van der Waals surface area contributed by atoms with Crippen LogP contribution in [0, 0.1) is 13.8 Å². The summed E-state index contributed by atoms with van der Waals surface area (Å²) in [5.74, 6) is 0. The van der Waals surface area contributed by atoms with E-state index in [2.05, 4.69) is 62.1 Å². The Hall–Kier alpha value is -1.76. The van der Waals surface area contributed by atoms with Crippen LogP contribution in [0.25, 0.3) is 0 Å². The molecule has 0 spiro atoms. The van der Waals surface area contributed by atoms with E-state index in [0.29, 0.717) is 0 Å². The lowest BCUT2D eigenvalue weighted by Crippen LogP contribution is -2.20. The van der Waals surface area contributed by atoms with E-state index in [1.165, 1.54) is 49.9 Å². The zero-order valence-corrected chi connectivity index (χ0v) is 14.4. The molecule has 2 rings (SSSR count). The Morgan fingerprint density at radius 3 is 1.70 bits per heavy atom. The predicted octanol–water partition coefficient (Wildman–Crippen LogP) is 6.55. The van der Waals surface area contributed by atoms with Gasteiger partial charge in [0.05, 0.1) is 0 Å². The standard InChI is InChI=1S/C22H29N/c1-4-5-6-7-8-13-18-23(21-16-11-9-14-19(21)2)22-17-12-10-15-20(22)3/h9-12,14-17H,2-8,13,18H2,1H3. The topological polar surface area (TPSA) is 3.24 Å². The molecular formula is C22H29N. The summed E-state index contributed by atoms with van der Waals surface area (Å²) in [6.45, 7) is 11.7. The molecule has 0 saturated carbocycles. The van der Waals surface area contributed by atoms with Gasteiger partial charge in [0.15, 0.2) is 0 Å². The Bertz CT molecular complexity index is 543. The second kappa shape index (κ2) is 9.39. The van der Waals surface area contributed by atoms with Crippen LogP contribution in [0.5, 0.6) is 0 Å². The smallest absolute Gasteiger partial charge is 0.0443 e. The first kappa shape index (κ1) is 17.6. The van der Waals surface area contributed by atoms with Gasteiger partial charge in [-0.25, -0.2) is 0 Å². The highest BCUT2D eigenvalue weighted by atomic mass is 15.1. The molecule has 23 heavy (non-hydrogen) atoms. The molecule has 0 aliphatic carbocycles. The number of para-hydroxylation sites is 2. The molecule has 0 fully saturated rings. The summed E-state index contributed by atoms with van der Waals surface area (Å²) in [5.41, 5.74) is 4.53. The third-order valence-electron chi connectivity index (χ3n) is 4.30. The van der Waals surface area contributed by atoms with Gasteiger partial charge < -0.3 is 4.90 Å². The normalized spacial score (nSPS) is 10.7. The van der Waals surface area contributed by atoms with Crippen molar-refractivity contribution in [3.8, 4) is 0 Å². The molecule has 122 valence electrons. The predicted molar refractivity (Wildman–Crippen MR) is 102 cm³/mol. The quantitative estimate of drug-likeness (QED) is 0.475. The first-order valence-electron chi connectivity index (χ1n) is 8.83. The monoisotopic (exact) mass is 307 g/mol. The van der Waals surface area contributed by atoms with Crippen LogP contribution in [0.3, 0.4) is 0 Å². The van der Waals surface area contributed by atoms with Crippen LogP contribution in [0.4, 0.5) is 11.4 Å². The summed E-state index contributed by atoms with van der Waals surface area (Å²) in [6.07, 6.45) is 7.83. The zero-order chi connectivity index (χ0) is 16.5. The molecule has 0 aliphatic heterocycles. The number of hydrogen-bond donors (Lipinski definition) is 0. The Kier molecular flexibility index (Phi) is 7.19. The van der Waals surface area contributed by atoms with Gasteiger partial charge in [-0.2, -0.15) is 0 Å². The molecule has 2 aromatic rings. The summed E-state index contributed by atoms with van der Waals surface area (Å²) in [7, 11) is 0. The van der Waals surface area contributed by atoms with Gasteiger partial charge in [-0.05, 0) is 43.5 Å². The zero-order valence-electron chi connectivity index (χ0n) is 14.4. The van der Waals surface area contributed by atoms with Gasteiger partial charge in [-0.3, -0.25) is 0 Å². The van der Waals surface area contributed by atoms with Crippen molar-refractivity contribution in [2.24, 2.45) is 0 Å². The van der Waals surface area contributed by atoms with E-state index < -0.39 is 0 Å². The fourth-order valence-electron chi connectivity index (χ4n) is 2.97. The van der Waals surface area contributed by atoms with Crippen LogP contribution in [0.1, 0.15) is 56.6 Å². The van der Waals surface area contributed by atoms with Gasteiger partial charge in [-0.15, -0.1) is 0 Å². The first-order chi connectivity index (χ1) is 11.2. The molecule has 1 heteroatoms. The Labute approximate surface area is 142 Å². The number of benzene rings is 2. The van der Waals surface area contributed by atoms with Gasteiger partial charge in [0.1, 0.15) is 0 Å². The maximum absolute atomic E-state index is 4.20. The molecule has 0 N–H and O–H groups in total. The van der Waals surface area contributed by atoms with Crippen LogP contribution >= 0.6 is 0 Å². The average Bonchev–Trinajstić information content (AvgIpc) is 2.56. The fourth-order valence-corrected chi connectivity index (χ4v) is 2.97. The van der Waals surface area contributed by atoms with Crippen molar-refractivity contribution in [1.29, 1.82) is 0 Å². The van der Waals surface area contributed by atoms with Crippen molar-refractivity contribution in [2.75, 3.05) is 11.4 Å². The van der Waals surface area contributed by atoms with Crippen molar-refractivity contribution in [3.63, 3.8) is 0 Å². The lowest BCUT2D eigenvalue weighted by molar-refractivity contribution is 0.609. The summed E-state index contributed by atoms with van der Waals surface area (Å²) >= 11 is 0. The summed E-state index contributed by atoms with van der Waals surface area (Å²) in [4.78, 5) is 2.38. The van der Waals surface area contributed by atoms with Crippen molar-refractivity contribution in [3.05, 3.63) is 73.5 Å². The molecule has 0 aromatic heterocycles. The lowest BCUT2D eigenvalue weighted by atomic mass is 10.1. The molecule has 0 heterocycles. The summed E-state index contributed by atoms with van der Waals surface area (Å²) < 4.78 is 0. The molecule has 2 aromatic carbocycles. The molecule has 0 amide bonds. The third-order valence-corrected chi connectivity index (χ3v) is 4.30. The summed E-state index contributed by atoms with van der Waals surface area (Å²) in [5, 5.41) is 0. The van der Waals surface area contributed by atoms with Gasteiger partial charge in [0.25, 0.3) is 0 Å². The number of nitrogens with zero attached hydrogens (tertiary/aromatic N) is 1. The van der Waals surface area contributed by atoms with Crippen molar-refractivity contribution >= 4 is 11.4 Å². The molecule has 2 radical (unpaired) electrons. The van der Waals surface area contributed by atoms with E-state index in [0.717, 1.165) is 17.7 Å². The summed E-state index contributed by atoms with van der Waals surface area (Å²) in [6, 6.07) is 16.7. The third kappa shape index (κ3) is 5.13. The molecule has 0 unspecified atom stereocenters. The van der Waals surface area contributed by atoms with E-state index in [1.807, 2.05) is 12.1 Å². The van der Waals surface area contributed by atoms with Gasteiger partial charge >= 0.3 is 0 Å². The molecule has 0 bridgehead atoms. The maximum atomic E-state index is 4.20. The molecule has 0 aliphatic rings. The molecular weight excluding hydrogens is 278 g/mol. The lowest BCUT2D eigenvalue weighted by Gasteiger charge is -2.28. The van der Waals surface area contributed by atoms with E-state index in [1.54, 1.807) is 0 Å². The van der Waals surface area contributed by atoms with E-state index in [9.17, 15) is 0 Å². The van der Waals surface area contributed by atoms with Crippen LogP contribution in [-0.4, -0.2) is 6.54 Å². The largest absolute Gasteiger partial charge is 0.341 e. The highest BCUT2D eigenvalue weighted by Gasteiger charge is 2.12. The highest BCUT2D eigenvalue weighted by molar-refractivity contribution is 5.70. The molecule has 1 nitrogen and oxygen atoms in total. The van der Waals surface area contributed by atoms with Crippen molar-refractivity contribution in [1.82, 2.24) is 0 Å². The van der Waals surface area contributed by atoms with E-state index in [4.69, 9.17) is 0 Å². The fraction of sp³-hybridized carbons (Fsp3) is 0.364. The highest BCUT2D eigenvalue weighted by Crippen LogP contribution is 2.31. The second-order valence-electron chi connectivity index (χ2n) is 6.18. The Morgan fingerprint density at radius 2 is 1.17 bits per heavy atom. The van der Waals surface area contributed by atoms with Crippen molar-refractivity contribution in [2.45, 2.75) is 45.4 Å². The Balaban J connectivity index is 2.10. The SMILES string of the molecule is [CH2]c1ccccc1N(CCCCCCCC)c1ccccc1[CH2]. The van der Waals surface area contributed by atoms with Gasteiger partial charge in [0, 0.05) is 17.9 Å². The number of unbranched alkanes of at least 4 members (excludes halogenated alkanes) is 5. The first-order valence-corrected chi connectivity index (χ1v) is 8.83. The van der Waals surface area contributed by atoms with Crippen molar-refractivity contribution < 1.29 is 0 Å². The van der Waals surface area contributed by atoms with Crippen LogP contribution < -0.4 is 4.90 Å². The van der Waals surface area contributed by atoms with Crippen LogP contribution in [0.2, 0.25) is 0 Å². The molecule has 0 saturated heterocycles. The number of rotatable bonds is 9. The maximum Gasteiger partial charge on any atom is 0.0443 e. The van der Waals surface area contributed by atoms with E-state index in [-0.39, 0.29) is 0 Å². The number of anilines is 2. The Morgan fingerprint density at radius 1 is 0.696 bits per heavy atom. The van der Waals surface area contributed by atoms with Crippen LogP contribution in [0.15, 0.2) is 48.5 Å².